The van der Waals surface area contributed by atoms with Crippen LogP contribution in [0, 0.1) is 6.92 Å². The number of nitrogens with one attached hydrogen (secondary N) is 1. The number of aromatic nitrogens is 4. The Hall–Kier alpha value is -2.73. The van der Waals surface area contributed by atoms with E-state index >= 15 is 0 Å². The zero-order valence-electron chi connectivity index (χ0n) is 13.5. The van der Waals surface area contributed by atoms with E-state index in [1.54, 1.807) is 28.5 Å². The molecule has 4 aromatic rings. The monoisotopic (exact) mass is 335 g/mol. The third-order valence-corrected chi connectivity index (χ3v) is 4.99. The number of hydrogen-bond acceptors (Lipinski definition) is 5. The zero-order valence-corrected chi connectivity index (χ0v) is 14.3. The molecule has 1 aromatic carbocycles. The van der Waals surface area contributed by atoms with Crippen molar-refractivity contribution in [2.75, 3.05) is 5.32 Å². The summed E-state index contributed by atoms with van der Waals surface area (Å²) in [5.74, 6) is 0.798. The summed E-state index contributed by atoms with van der Waals surface area (Å²) >= 11 is 1.73. The van der Waals surface area contributed by atoms with Crippen molar-refractivity contribution in [2.24, 2.45) is 7.05 Å². The molecule has 0 unspecified atom stereocenters. The molecule has 3 heterocycles. The van der Waals surface area contributed by atoms with Gasteiger partial charge in [0.15, 0.2) is 5.65 Å². The largest absolute Gasteiger partial charge is 0.358 e. The van der Waals surface area contributed by atoms with Gasteiger partial charge < -0.3 is 5.32 Å². The van der Waals surface area contributed by atoms with Crippen molar-refractivity contribution in [3.63, 3.8) is 0 Å². The normalized spacial score (nSPS) is 12.4. The maximum Gasteiger partial charge on any atom is 0.163 e. The molecule has 0 radical (unpaired) electrons. The van der Waals surface area contributed by atoms with Crippen LogP contribution >= 0.6 is 11.3 Å². The molecule has 0 spiro atoms. The first-order chi connectivity index (χ1) is 11.7. The molecule has 3 aromatic heterocycles. The van der Waals surface area contributed by atoms with E-state index in [0.717, 1.165) is 16.9 Å². The molecule has 0 aliphatic carbocycles. The van der Waals surface area contributed by atoms with Crippen molar-refractivity contribution in [3.05, 3.63) is 70.3 Å². The van der Waals surface area contributed by atoms with Gasteiger partial charge in [-0.15, -0.1) is 11.3 Å². The number of rotatable bonds is 4. The van der Waals surface area contributed by atoms with Gasteiger partial charge in [0.05, 0.1) is 17.6 Å². The molecule has 4 rings (SSSR count). The van der Waals surface area contributed by atoms with Gasteiger partial charge in [-0.3, -0.25) is 4.68 Å². The van der Waals surface area contributed by atoms with Crippen LogP contribution in [0.5, 0.6) is 0 Å². The Labute approximate surface area is 144 Å². The number of aryl methyl sites for hydroxylation is 2. The van der Waals surface area contributed by atoms with Crippen LogP contribution in [0.4, 0.5) is 5.82 Å². The van der Waals surface area contributed by atoms with Gasteiger partial charge in [-0.1, -0.05) is 35.9 Å². The van der Waals surface area contributed by atoms with Crippen LogP contribution in [0.15, 0.2) is 54.3 Å². The molecule has 0 bridgehead atoms. The lowest BCUT2D eigenvalue weighted by atomic mass is 10.0. The minimum absolute atomic E-state index is 0.0453. The number of hydrogen-bond donors (Lipinski definition) is 1. The first-order valence-electron chi connectivity index (χ1n) is 7.71. The number of benzene rings is 1. The van der Waals surface area contributed by atoms with Gasteiger partial charge >= 0.3 is 0 Å². The summed E-state index contributed by atoms with van der Waals surface area (Å²) in [4.78, 5) is 9.99. The molecular weight excluding hydrogens is 318 g/mol. The highest BCUT2D eigenvalue weighted by molar-refractivity contribution is 7.10. The topological polar surface area (TPSA) is 55.6 Å². The summed E-state index contributed by atoms with van der Waals surface area (Å²) in [5.41, 5.74) is 3.28. The van der Waals surface area contributed by atoms with Crippen molar-refractivity contribution in [3.8, 4) is 0 Å². The molecule has 0 aliphatic heterocycles. The zero-order chi connectivity index (χ0) is 16.5. The second-order valence-electron chi connectivity index (χ2n) is 5.73. The Morgan fingerprint density at radius 1 is 1.12 bits per heavy atom. The average Bonchev–Trinajstić information content (AvgIpc) is 3.25. The quantitative estimate of drug-likeness (QED) is 0.614. The van der Waals surface area contributed by atoms with E-state index in [9.17, 15) is 0 Å². The summed E-state index contributed by atoms with van der Waals surface area (Å²) in [7, 11) is 1.88. The maximum atomic E-state index is 4.44. The van der Waals surface area contributed by atoms with Crippen molar-refractivity contribution in [2.45, 2.75) is 13.0 Å². The molecule has 24 heavy (non-hydrogen) atoms. The molecule has 1 atom stereocenters. The van der Waals surface area contributed by atoms with E-state index in [1.807, 2.05) is 7.05 Å². The Bertz CT molecular complexity index is 957. The number of fused-ring (bicyclic) bond motifs is 1. The predicted molar refractivity (Wildman–Crippen MR) is 97.3 cm³/mol. The molecule has 1 N–H and O–H groups in total. The lowest BCUT2D eigenvalue weighted by Gasteiger charge is -2.19. The van der Waals surface area contributed by atoms with Gasteiger partial charge in [0.1, 0.15) is 12.1 Å². The van der Waals surface area contributed by atoms with Gasteiger partial charge in [-0.2, -0.15) is 5.10 Å². The molecule has 6 heteroatoms. The molecule has 0 fully saturated rings. The molecule has 5 nitrogen and oxygen atoms in total. The standard InChI is InChI=1S/C18H17N5S/c1-12-5-7-13(8-6-12)16(15-4-3-9-24-15)22-17-14-10-21-23(2)18(14)20-11-19-17/h3-11,16H,1-2H3,(H,19,20,22)/t16-/m1/s1. The third kappa shape index (κ3) is 2.65. The van der Waals surface area contributed by atoms with Crippen molar-refractivity contribution >= 4 is 28.2 Å². The van der Waals surface area contributed by atoms with Crippen LogP contribution < -0.4 is 5.32 Å². The highest BCUT2D eigenvalue weighted by atomic mass is 32.1. The van der Waals surface area contributed by atoms with Crippen LogP contribution in [0.3, 0.4) is 0 Å². The second kappa shape index (κ2) is 6.05. The predicted octanol–water partition coefficient (Wildman–Crippen LogP) is 3.93. The van der Waals surface area contributed by atoms with Gasteiger partial charge in [-0.05, 0) is 23.9 Å². The highest BCUT2D eigenvalue weighted by Crippen LogP contribution is 2.31. The molecule has 0 saturated carbocycles. The Morgan fingerprint density at radius 3 is 2.71 bits per heavy atom. The van der Waals surface area contributed by atoms with Gasteiger partial charge in [0, 0.05) is 11.9 Å². The number of anilines is 1. The average molecular weight is 335 g/mol. The number of thiophene rings is 1. The van der Waals surface area contributed by atoms with Crippen LogP contribution in [0.1, 0.15) is 22.0 Å². The van der Waals surface area contributed by atoms with Crippen LogP contribution in [0.2, 0.25) is 0 Å². The Morgan fingerprint density at radius 2 is 1.96 bits per heavy atom. The van der Waals surface area contributed by atoms with E-state index < -0.39 is 0 Å². The first kappa shape index (κ1) is 14.8. The van der Waals surface area contributed by atoms with Crippen LogP contribution in [-0.4, -0.2) is 19.7 Å². The number of nitrogens with zero attached hydrogens (tertiary/aromatic N) is 4. The lowest BCUT2D eigenvalue weighted by molar-refractivity contribution is 0.785. The van der Waals surface area contributed by atoms with E-state index in [0.29, 0.717) is 0 Å². The molecule has 120 valence electrons. The minimum Gasteiger partial charge on any atom is -0.358 e. The second-order valence-corrected chi connectivity index (χ2v) is 6.71. The molecule has 0 amide bonds. The van der Waals surface area contributed by atoms with E-state index in [2.05, 4.69) is 69.1 Å². The summed E-state index contributed by atoms with van der Waals surface area (Å²) in [6.07, 6.45) is 3.38. The lowest BCUT2D eigenvalue weighted by Crippen LogP contribution is -2.12. The summed E-state index contributed by atoms with van der Waals surface area (Å²) in [5, 5.41) is 10.9. The van der Waals surface area contributed by atoms with Gasteiger partial charge in [0.25, 0.3) is 0 Å². The fourth-order valence-electron chi connectivity index (χ4n) is 2.75. The summed E-state index contributed by atoms with van der Waals surface area (Å²) in [6, 6.07) is 12.9. The third-order valence-electron chi connectivity index (χ3n) is 4.05. The Kier molecular flexibility index (Phi) is 3.74. The Balaban J connectivity index is 1.78. The SMILES string of the molecule is Cc1ccc([C@@H](Nc2ncnc3c2cnn3C)c2cccs2)cc1. The van der Waals surface area contributed by atoms with Crippen LogP contribution in [-0.2, 0) is 7.05 Å². The summed E-state index contributed by atoms with van der Waals surface area (Å²) in [6.45, 7) is 2.10. The maximum absolute atomic E-state index is 4.44. The van der Waals surface area contributed by atoms with Gasteiger partial charge in [0.2, 0.25) is 0 Å². The van der Waals surface area contributed by atoms with Crippen molar-refractivity contribution in [1.29, 1.82) is 0 Å². The van der Waals surface area contributed by atoms with Gasteiger partial charge in [-0.25, -0.2) is 9.97 Å². The first-order valence-corrected chi connectivity index (χ1v) is 8.59. The highest BCUT2D eigenvalue weighted by Gasteiger charge is 2.18. The van der Waals surface area contributed by atoms with Crippen molar-refractivity contribution in [1.82, 2.24) is 19.7 Å². The fraction of sp³-hybridized carbons (Fsp3) is 0.167. The summed E-state index contributed by atoms with van der Waals surface area (Å²) < 4.78 is 1.76. The molecule has 0 saturated heterocycles. The minimum atomic E-state index is 0.0453. The molecular formula is C18H17N5S. The van der Waals surface area contributed by atoms with E-state index in [4.69, 9.17) is 0 Å². The van der Waals surface area contributed by atoms with Crippen molar-refractivity contribution < 1.29 is 0 Å². The molecule has 0 aliphatic rings. The smallest absolute Gasteiger partial charge is 0.163 e. The van der Waals surface area contributed by atoms with Crippen LogP contribution in [0.25, 0.3) is 11.0 Å². The van der Waals surface area contributed by atoms with E-state index in [1.165, 1.54) is 16.0 Å². The van der Waals surface area contributed by atoms with E-state index in [-0.39, 0.29) is 6.04 Å². The fourth-order valence-corrected chi connectivity index (χ4v) is 3.55.